The highest BCUT2D eigenvalue weighted by Crippen LogP contribution is 2.65. The summed E-state index contributed by atoms with van der Waals surface area (Å²) in [5, 5.41) is 39.2. The van der Waals surface area contributed by atoms with Gasteiger partial charge < -0.3 is 29.2 Å². The molecule has 8 nitrogen and oxygen atoms in total. The molecule has 6 fully saturated rings. The van der Waals surface area contributed by atoms with Crippen LogP contribution in [0.25, 0.3) is 0 Å². The van der Waals surface area contributed by atoms with Gasteiger partial charge in [0.2, 0.25) is 0 Å². The molecule has 6 aliphatic rings. The van der Waals surface area contributed by atoms with E-state index in [0.717, 1.165) is 88.2 Å². The summed E-state index contributed by atoms with van der Waals surface area (Å²) >= 11 is 0. The van der Waals surface area contributed by atoms with Gasteiger partial charge in [-0.05, 0) is 85.7 Å². The lowest BCUT2D eigenvalue weighted by atomic mass is 9.59. The van der Waals surface area contributed by atoms with Gasteiger partial charge >= 0.3 is 0 Å². The standard InChI is InChI=1S/2C18H27NO3/c1-13(14(2)12-20)10-17-5-3-4-15(11-19)16(17)18(7-6-17)21-8-9-22-18;1-3-13(2)15(20)11-17-6-4-5-14(12-19)16(17)18(8-7-17)21-9-10-22-18/h13,15-16,20H,2-10,12H2,1H3;14-16,20H,2-11H2,1H3. The fourth-order valence-electron chi connectivity index (χ4n) is 10.3. The topological polar surface area (TPSA) is 125 Å². The van der Waals surface area contributed by atoms with Gasteiger partial charge in [-0.25, -0.2) is 0 Å². The Morgan fingerprint density at radius 2 is 1.23 bits per heavy atom. The smallest absolute Gasteiger partial charge is 0.173 e. The van der Waals surface area contributed by atoms with E-state index in [1.807, 2.05) is 6.92 Å². The molecule has 0 bridgehead atoms. The first-order chi connectivity index (χ1) is 21.1. The van der Waals surface area contributed by atoms with Gasteiger partial charge in [-0.15, -0.1) is 0 Å². The monoisotopic (exact) mass is 610 g/mol. The highest BCUT2D eigenvalue weighted by Gasteiger charge is 2.65. The van der Waals surface area contributed by atoms with Crippen LogP contribution in [0.3, 0.4) is 0 Å². The maximum atomic E-state index is 10.5. The van der Waals surface area contributed by atoms with Gasteiger partial charge in [-0.2, -0.15) is 10.5 Å². The molecule has 8 unspecified atom stereocenters. The van der Waals surface area contributed by atoms with E-state index in [-0.39, 0.29) is 47.0 Å². The van der Waals surface area contributed by atoms with Crippen molar-refractivity contribution in [2.24, 2.45) is 40.4 Å². The number of nitrogens with zero attached hydrogens (tertiary/aromatic N) is 2. The first-order valence-corrected chi connectivity index (χ1v) is 17.1. The Bertz CT molecular complexity index is 1040. The number of fused-ring (bicyclic) bond motifs is 4. The Balaban J connectivity index is 0.000000175. The molecule has 2 N–H and O–H groups in total. The molecule has 0 aromatic carbocycles. The largest absolute Gasteiger partial charge is 0.392 e. The molecule has 0 aromatic heterocycles. The molecule has 8 heteroatoms. The maximum absolute atomic E-state index is 10.5. The molecule has 0 amide bonds. The van der Waals surface area contributed by atoms with Crippen LogP contribution in [0.1, 0.15) is 97.3 Å². The van der Waals surface area contributed by atoms with Crippen LogP contribution in [0.5, 0.6) is 0 Å². The summed E-state index contributed by atoms with van der Waals surface area (Å²) in [4.78, 5) is 0. The molecular formula is C36H54N2O6. The molecule has 2 aliphatic heterocycles. The zero-order chi connectivity index (χ0) is 31.6. The highest BCUT2D eigenvalue weighted by atomic mass is 16.7. The summed E-state index contributed by atoms with van der Waals surface area (Å²) in [6, 6.07) is 5.04. The molecule has 44 heavy (non-hydrogen) atoms. The number of ether oxygens (including phenoxy) is 4. The van der Waals surface area contributed by atoms with Crippen LogP contribution in [-0.4, -0.2) is 60.9 Å². The number of rotatable bonds is 8. The predicted molar refractivity (Wildman–Crippen MR) is 166 cm³/mol. The van der Waals surface area contributed by atoms with E-state index in [4.69, 9.17) is 18.9 Å². The number of hydrogen-bond donors (Lipinski definition) is 2. The fourth-order valence-corrected chi connectivity index (χ4v) is 10.3. The molecule has 0 aromatic rings. The van der Waals surface area contributed by atoms with Gasteiger partial charge in [-0.1, -0.05) is 39.8 Å². The van der Waals surface area contributed by atoms with E-state index < -0.39 is 17.7 Å². The molecule has 0 radical (unpaired) electrons. The third-order valence-electron chi connectivity index (χ3n) is 12.4. The summed E-state index contributed by atoms with van der Waals surface area (Å²) in [7, 11) is 0. The third-order valence-corrected chi connectivity index (χ3v) is 12.4. The normalized spacial score (nSPS) is 37.7. The predicted octanol–water partition coefficient (Wildman–Crippen LogP) is 6.19. The fraction of sp³-hybridized carbons (Fsp3) is 0.833. The molecule has 4 aliphatic carbocycles. The molecule has 2 heterocycles. The number of aliphatic hydroxyl groups excluding tert-OH is 2. The van der Waals surface area contributed by atoms with Gasteiger partial charge in [0.1, 0.15) is 0 Å². The third kappa shape index (κ3) is 5.92. The van der Waals surface area contributed by atoms with Crippen LogP contribution in [0.15, 0.2) is 24.3 Å². The Hall–Kier alpha value is -1.78. The average Bonchev–Trinajstić information content (AvgIpc) is 3.84. The zero-order valence-electron chi connectivity index (χ0n) is 27.0. The summed E-state index contributed by atoms with van der Waals surface area (Å²) < 4.78 is 24.1. The molecule has 2 spiro atoms. The molecular weight excluding hydrogens is 556 g/mol. The molecule has 2 saturated heterocycles. The van der Waals surface area contributed by atoms with Crippen LogP contribution >= 0.6 is 0 Å². The van der Waals surface area contributed by atoms with Gasteiger partial charge in [0, 0.05) is 24.7 Å². The van der Waals surface area contributed by atoms with E-state index in [1.165, 1.54) is 0 Å². The quantitative estimate of drug-likeness (QED) is 0.312. The Kier molecular flexibility index (Phi) is 10.3. The van der Waals surface area contributed by atoms with Gasteiger partial charge in [0.15, 0.2) is 11.6 Å². The lowest BCUT2D eigenvalue weighted by Gasteiger charge is -2.47. The molecule has 8 atom stereocenters. The minimum absolute atomic E-state index is 0.0175. The second-order valence-corrected chi connectivity index (χ2v) is 14.6. The van der Waals surface area contributed by atoms with E-state index >= 15 is 0 Å². The lowest BCUT2D eigenvalue weighted by molar-refractivity contribution is -0.211. The van der Waals surface area contributed by atoms with E-state index in [9.17, 15) is 20.7 Å². The maximum Gasteiger partial charge on any atom is 0.173 e. The molecule has 4 saturated carbocycles. The zero-order valence-corrected chi connectivity index (χ0v) is 27.0. The Morgan fingerprint density at radius 3 is 1.64 bits per heavy atom. The first kappa shape index (κ1) is 33.6. The highest BCUT2D eigenvalue weighted by molar-refractivity contribution is 5.16. The summed E-state index contributed by atoms with van der Waals surface area (Å²) in [5.41, 5.74) is 1.84. The Labute approximate surface area is 264 Å². The van der Waals surface area contributed by atoms with Crippen molar-refractivity contribution in [2.45, 2.75) is 115 Å². The summed E-state index contributed by atoms with van der Waals surface area (Å²) in [5.74, 6) is -0.604. The van der Waals surface area contributed by atoms with Crippen molar-refractivity contribution in [3.8, 4) is 12.1 Å². The van der Waals surface area contributed by atoms with E-state index in [0.29, 0.717) is 32.8 Å². The molecule has 244 valence electrons. The molecule has 6 rings (SSSR count). The summed E-state index contributed by atoms with van der Waals surface area (Å²) in [6.45, 7) is 14.7. The number of aliphatic hydroxyl groups is 2. The van der Waals surface area contributed by atoms with Crippen LogP contribution in [-0.2, 0) is 18.9 Å². The van der Waals surface area contributed by atoms with Crippen molar-refractivity contribution >= 4 is 0 Å². The van der Waals surface area contributed by atoms with E-state index in [2.05, 4.69) is 32.2 Å². The van der Waals surface area contributed by atoms with Crippen LogP contribution < -0.4 is 0 Å². The van der Waals surface area contributed by atoms with Crippen molar-refractivity contribution in [3.63, 3.8) is 0 Å². The first-order valence-electron chi connectivity index (χ1n) is 17.1. The summed E-state index contributed by atoms with van der Waals surface area (Å²) in [6.07, 6.45) is 12.0. The van der Waals surface area contributed by atoms with E-state index in [1.54, 1.807) is 0 Å². The van der Waals surface area contributed by atoms with Crippen molar-refractivity contribution in [3.05, 3.63) is 24.3 Å². The van der Waals surface area contributed by atoms with Crippen molar-refractivity contribution < 1.29 is 29.2 Å². The van der Waals surface area contributed by atoms with Crippen LogP contribution in [0, 0.1) is 63.1 Å². The minimum atomic E-state index is -0.575. The van der Waals surface area contributed by atoms with Crippen LogP contribution in [0.4, 0.5) is 0 Å². The van der Waals surface area contributed by atoms with Crippen molar-refractivity contribution in [1.82, 2.24) is 0 Å². The van der Waals surface area contributed by atoms with Crippen LogP contribution in [0.2, 0.25) is 0 Å². The number of hydrogen-bond acceptors (Lipinski definition) is 8. The minimum Gasteiger partial charge on any atom is -0.392 e. The second kappa shape index (κ2) is 13.5. The Morgan fingerprint density at radius 1 is 0.773 bits per heavy atom. The number of nitriles is 2. The van der Waals surface area contributed by atoms with Crippen molar-refractivity contribution in [1.29, 1.82) is 10.5 Å². The SMILES string of the molecule is C=C(CC)C(O)CC12CCCC(C#N)C1C1(CC2)OCCO1.C=C(CO)C(C)CC12CCCC(C#N)C1C1(CC2)OCCO1. The average molecular weight is 611 g/mol. The van der Waals surface area contributed by atoms with Gasteiger partial charge in [0.25, 0.3) is 0 Å². The lowest BCUT2D eigenvalue weighted by Crippen LogP contribution is -2.48. The van der Waals surface area contributed by atoms with Gasteiger partial charge in [-0.3, -0.25) is 0 Å². The second-order valence-electron chi connectivity index (χ2n) is 14.6. The van der Waals surface area contributed by atoms with Gasteiger partial charge in [0.05, 0.1) is 63.1 Å². The van der Waals surface area contributed by atoms with Crippen molar-refractivity contribution in [2.75, 3.05) is 33.0 Å².